The molecule has 0 aromatic carbocycles. The Balaban J connectivity index is 2.55. The van der Waals surface area contributed by atoms with Crippen molar-refractivity contribution >= 4 is 0 Å². The fraction of sp³-hybridized carbons (Fsp3) is 0.438. The highest BCUT2D eigenvalue weighted by molar-refractivity contribution is 5.34. The maximum absolute atomic E-state index is 10.2. The van der Waals surface area contributed by atoms with Crippen molar-refractivity contribution in [2.24, 2.45) is 0 Å². The Morgan fingerprint density at radius 3 is 2.42 bits per heavy atom. The van der Waals surface area contributed by atoms with Crippen LogP contribution in [0.1, 0.15) is 40.0 Å². The molecule has 105 valence electrons. The number of hydrogen-bond donors (Lipinski definition) is 3. The Labute approximate surface area is 115 Å². The van der Waals surface area contributed by atoms with Gasteiger partial charge in [-0.2, -0.15) is 0 Å². The lowest BCUT2D eigenvalue weighted by molar-refractivity contribution is 0.116. The zero-order valence-corrected chi connectivity index (χ0v) is 11.8. The Morgan fingerprint density at radius 1 is 1.16 bits per heavy atom. The van der Waals surface area contributed by atoms with Crippen LogP contribution >= 0.6 is 0 Å². The maximum Gasteiger partial charge on any atom is 0.117 e. The van der Waals surface area contributed by atoms with E-state index < -0.39 is 5.60 Å². The zero-order chi connectivity index (χ0) is 14.5. The van der Waals surface area contributed by atoms with E-state index in [0.29, 0.717) is 6.42 Å². The first-order valence-electron chi connectivity index (χ1n) is 6.50. The molecular formula is C16H23O3. The van der Waals surface area contributed by atoms with Gasteiger partial charge in [-0.1, -0.05) is 23.3 Å². The van der Waals surface area contributed by atoms with E-state index in [9.17, 15) is 15.3 Å². The molecule has 1 radical (unpaired) electrons. The molecule has 1 atom stereocenters. The van der Waals surface area contributed by atoms with Gasteiger partial charge in [0, 0.05) is 6.08 Å². The molecule has 19 heavy (non-hydrogen) atoms. The molecule has 0 heterocycles. The van der Waals surface area contributed by atoms with Gasteiger partial charge < -0.3 is 15.3 Å². The summed E-state index contributed by atoms with van der Waals surface area (Å²) in [5, 5.41) is 29.0. The maximum atomic E-state index is 10.2. The molecular weight excluding hydrogens is 240 g/mol. The van der Waals surface area contributed by atoms with Crippen LogP contribution in [0.3, 0.4) is 0 Å². The van der Waals surface area contributed by atoms with E-state index >= 15 is 0 Å². The van der Waals surface area contributed by atoms with Gasteiger partial charge in [-0.25, -0.2) is 0 Å². The minimum Gasteiger partial charge on any atom is -0.512 e. The third-order valence-electron chi connectivity index (χ3n) is 2.96. The minimum absolute atomic E-state index is 0.113. The van der Waals surface area contributed by atoms with Gasteiger partial charge in [-0.15, -0.1) is 0 Å². The molecule has 0 amide bonds. The van der Waals surface area contributed by atoms with Crippen LogP contribution in [0.15, 0.2) is 47.0 Å². The van der Waals surface area contributed by atoms with Crippen LogP contribution in [0.25, 0.3) is 0 Å². The molecule has 0 spiro atoms. The molecule has 1 aliphatic rings. The van der Waals surface area contributed by atoms with E-state index in [1.807, 2.05) is 13.0 Å². The molecule has 3 N–H and O–H groups in total. The van der Waals surface area contributed by atoms with E-state index in [1.54, 1.807) is 0 Å². The van der Waals surface area contributed by atoms with Gasteiger partial charge in [0.1, 0.15) is 17.1 Å². The molecule has 3 nitrogen and oxygen atoms in total. The quantitative estimate of drug-likeness (QED) is 0.659. The van der Waals surface area contributed by atoms with Crippen LogP contribution in [0.5, 0.6) is 0 Å². The van der Waals surface area contributed by atoms with E-state index in [1.165, 1.54) is 29.7 Å². The third-order valence-corrected chi connectivity index (χ3v) is 2.96. The van der Waals surface area contributed by atoms with Gasteiger partial charge >= 0.3 is 0 Å². The monoisotopic (exact) mass is 263 g/mol. The van der Waals surface area contributed by atoms with Crippen LogP contribution in [0, 0.1) is 6.42 Å². The lowest BCUT2D eigenvalue weighted by Gasteiger charge is -2.25. The summed E-state index contributed by atoms with van der Waals surface area (Å²) in [6.45, 7) is 6.16. The van der Waals surface area contributed by atoms with Gasteiger partial charge in [0.25, 0.3) is 0 Å². The standard InChI is InChI=1S/C16H23O3/c1-12(2)5-4-6-13(3)7-8-16(19)10-14(17)9-15(18)11-16/h5,7,9-11,17-19H,4,6,8H2,1-3H3/b13-7+. The van der Waals surface area contributed by atoms with Crippen molar-refractivity contribution in [2.45, 2.75) is 45.6 Å². The summed E-state index contributed by atoms with van der Waals surface area (Å²) in [6, 6.07) is 0. The van der Waals surface area contributed by atoms with Crippen LogP contribution in [-0.4, -0.2) is 20.9 Å². The summed E-state index contributed by atoms with van der Waals surface area (Å²) in [5.74, 6) is -0.226. The second kappa shape index (κ2) is 6.62. The molecule has 0 bridgehead atoms. The minimum atomic E-state index is -1.30. The summed E-state index contributed by atoms with van der Waals surface area (Å²) in [4.78, 5) is 0. The van der Waals surface area contributed by atoms with Crippen molar-refractivity contribution in [1.82, 2.24) is 0 Å². The van der Waals surface area contributed by atoms with Crippen LogP contribution in [0.4, 0.5) is 0 Å². The van der Waals surface area contributed by atoms with Crippen LogP contribution in [0.2, 0.25) is 0 Å². The number of rotatable bonds is 5. The Bertz CT molecular complexity index is 437. The predicted molar refractivity (Wildman–Crippen MR) is 77.7 cm³/mol. The summed E-state index contributed by atoms with van der Waals surface area (Å²) < 4.78 is 0. The molecule has 1 aliphatic carbocycles. The molecule has 0 saturated carbocycles. The van der Waals surface area contributed by atoms with Crippen molar-refractivity contribution < 1.29 is 15.3 Å². The molecule has 0 aliphatic heterocycles. The van der Waals surface area contributed by atoms with Gasteiger partial charge in [0.2, 0.25) is 0 Å². The fourth-order valence-electron chi connectivity index (χ4n) is 1.93. The van der Waals surface area contributed by atoms with Crippen molar-refractivity contribution in [3.05, 3.63) is 53.4 Å². The molecule has 1 unspecified atom stereocenters. The molecule has 3 heteroatoms. The topological polar surface area (TPSA) is 60.7 Å². The average molecular weight is 263 g/mol. The highest BCUT2D eigenvalue weighted by Gasteiger charge is 2.29. The van der Waals surface area contributed by atoms with Gasteiger partial charge in [0.15, 0.2) is 0 Å². The normalized spacial score (nSPS) is 23.7. The smallest absolute Gasteiger partial charge is 0.117 e. The molecule has 0 saturated heterocycles. The number of aliphatic hydroxyl groups excluding tert-OH is 2. The van der Waals surface area contributed by atoms with Crippen molar-refractivity contribution in [1.29, 1.82) is 0 Å². The Hall–Kier alpha value is -1.48. The highest BCUT2D eigenvalue weighted by Crippen LogP contribution is 2.27. The lowest BCUT2D eigenvalue weighted by Crippen LogP contribution is -2.29. The van der Waals surface area contributed by atoms with Gasteiger partial charge in [0.05, 0.1) is 6.42 Å². The first-order chi connectivity index (χ1) is 8.81. The second-order valence-corrected chi connectivity index (χ2v) is 5.35. The molecule has 0 aromatic heterocycles. The summed E-state index contributed by atoms with van der Waals surface area (Å²) >= 11 is 0. The van der Waals surface area contributed by atoms with Gasteiger partial charge in [-0.05, 0) is 46.1 Å². The lowest BCUT2D eigenvalue weighted by atomic mass is 9.89. The van der Waals surface area contributed by atoms with E-state index in [2.05, 4.69) is 19.9 Å². The number of hydrogen-bond acceptors (Lipinski definition) is 3. The number of allylic oxidation sites excluding steroid dienone is 4. The largest absolute Gasteiger partial charge is 0.512 e. The predicted octanol–water partition coefficient (Wildman–Crippen LogP) is 3.90. The Morgan fingerprint density at radius 2 is 1.84 bits per heavy atom. The highest BCUT2D eigenvalue weighted by atomic mass is 16.3. The molecule has 1 rings (SSSR count). The van der Waals surface area contributed by atoms with Crippen molar-refractivity contribution in [3.8, 4) is 0 Å². The van der Waals surface area contributed by atoms with Crippen LogP contribution < -0.4 is 0 Å². The average Bonchev–Trinajstić information content (AvgIpc) is 2.24. The van der Waals surface area contributed by atoms with Crippen molar-refractivity contribution in [2.75, 3.05) is 0 Å². The van der Waals surface area contributed by atoms with Gasteiger partial charge in [-0.3, -0.25) is 0 Å². The van der Waals surface area contributed by atoms with Crippen LogP contribution in [-0.2, 0) is 0 Å². The zero-order valence-electron chi connectivity index (χ0n) is 11.8. The molecule has 0 fully saturated rings. The number of aliphatic hydroxyl groups is 3. The molecule has 0 aromatic rings. The first-order valence-corrected chi connectivity index (χ1v) is 6.50. The second-order valence-electron chi connectivity index (χ2n) is 5.35. The Kier molecular flexibility index (Phi) is 5.43. The van der Waals surface area contributed by atoms with E-state index in [0.717, 1.165) is 12.8 Å². The summed E-state index contributed by atoms with van der Waals surface area (Å²) in [5.41, 5.74) is 1.18. The van der Waals surface area contributed by atoms with E-state index in [4.69, 9.17) is 0 Å². The summed E-state index contributed by atoms with van der Waals surface area (Å²) in [7, 11) is 0. The third kappa shape index (κ3) is 5.79. The SMILES string of the molecule is CC(C)=CCC/C(C)=C/CC1(O)[CH]C(O)=CC(O)=C1. The first kappa shape index (κ1) is 15.6. The fourth-order valence-corrected chi connectivity index (χ4v) is 1.93. The van der Waals surface area contributed by atoms with Crippen molar-refractivity contribution in [3.63, 3.8) is 0 Å². The van der Waals surface area contributed by atoms with E-state index in [-0.39, 0.29) is 11.5 Å². The summed E-state index contributed by atoms with van der Waals surface area (Å²) in [6.07, 6.45) is 10.3.